The Morgan fingerprint density at radius 3 is 2.79 bits per heavy atom. The van der Waals surface area contributed by atoms with Crippen LogP contribution in [0.15, 0.2) is 84.0 Å². The fourth-order valence-electron chi connectivity index (χ4n) is 3.98. The summed E-state index contributed by atoms with van der Waals surface area (Å²) in [6.45, 7) is 0. The van der Waals surface area contributed by atoms with E-state index in [0.717, 1.165) is 30.0 Å². The number of rotatable bonds is 2. The van der Waals surface area contributed by atoms with Crippen molar-refractivity contribution in [3.63, 3.8) is 0 Å². The lowest BCUT2D eigenvalue weighted by atomic mass is 9.78. The zero-order valence-corrected chi connectivity index (χ0v) is 13.4. The van der Waals surface area contributed by atoms with Gasteiger partial charge >= 0.3 is 0 Å². The molecule has 0 spiro atoms. The van der Waals surface area contributed by atoms with Crippen molar-refractivity contribution in [2.75, 3.05) is 5.32 Å². The van der Waals surface area contributed by atoms with Gasteiger partial charge in [0, 0.05) is 23.0 Å². The van der Waals surface area contributed by atoms with Crippen LogP contribution in [0.5, 0.6) is 5.75 Å². The molecule has 2 aromatic rings. The minimum atomic E-state index is 0.150. The summed E-state index contributed by atoms with van der Waals surface area (Å²) in [4.78, 5) is 0. The highest BCUT2D eigenvalue weighted by Gasteiger charge is 2.38. The maximum atomic E-state index is 6.25. The maximum Gasteiger partial charge on any atom is 0.128 e. The highest BCUT2D eigenvalue weighted by molar-refractivity contribution is 5.65. The Morgan fingerprint density at radius 2 is 1.88 bits per heavy atom. The molecule has 2 aliphatic carbocycles. The Labute approximate surface area is 142 Å². The van der Waals surface area contributed by atoms with Crippen LogP contribution < -0.4 is 10.1 Å². The zero-order valence-electron chi connectivity index (χ0n) is 13.4. The standard InChI is InChI=1S/C22H19NO/c1-2-7-16(8-3-1)23-17-11-12-19-21(14-17)24-20-13-10-15-6-4-5-9-18(15)22(19)20/h1-4,6-8,10-14,20,22-23H,5,9H2. The minimum absolute atomic E-state index is 0.150. The maximum absolute atomic E-state index is 6.25. The van der Waals surface area contributed by atoms with E-state index in [1.165, 1.54) is 16.7 Å². The Balaban J connectivity index is 1.49. The van der Waals surface area contributed by atoms with Gasteiger partial charge in [-0.15, -0.1) is 0 Å². The summed E-state index contributed by atoms with van der Waals surface area (Å²) in [7, 11) is 0. The van der Waals surface area contributed by atoms with E-state index in [-0.39, 0.29) is 6.10 Å². The molecule has 2 atom stereocenters. The monoisotopic (exact) mass is 313 g/mol. The van der Waals surface area contributed by atoms with Gasteiger partial charge in [-0.2, -0.15) is 0 Å². The van der Waals surface area contributed by atoms with Crippen molar-refractivity contribution in [2.24, 2.45) is 0 Å². The van der Waals surface area contributed by atoms with E-state index in [4.69, 9.17) is 4.74 Å². The summed E-state index contributed by atoms with van der Waals surface area (Å²) in [5.41, 5.74) is 6.40. The van der Waals surface area contributed by atoms with Gasteiger partial charge < -0.3 is 10.1 Å². The molecule has 2 nitrogen and oxygen atoms in total. The van der Waals surface area contributed by atoms with Gasteiger partial charge in [0.05, 0.1) is 5.92 Å². The summed E-state index contributed by atoms with van der Waals surface area (Å²) in [5.74, 6) is 1.40. The number of anilines is 2. The first-order valence-corrected chi connectivity index (χ1v) is 8.59. The fourth-order valence-corrected chi connectivity index (χ4v) is 3.98. The molecule has 1 N–H and O–H groups in total. The Morgan fingerprint density at radius 1 is 0.958 bits per heavy atom. The molecule has 5 rings (SSSR count). The average molecular weight is 313 g/mol. The summed E-state index contributed by atoms with van der Waals surface area (Å²) in [6, 6.07) is 16.8. The number of allylic oxidation sites excluding steroid dienone is 4. The lowest BCUT2D eigenvalue weighted by Crippen LogP contribution is -2.22. The number of benzene rings is 2. The number of nitrogens with one attached hydrogen (secondary N) is 1. The molecule has 1 aliphatic heterocycles. The lowest BCUT2D eigenvalue weighted by Gasteiger charge is -2.27. The van der Waals surface area contributed by atoms with E-state index >= 15 is 0 Å². The van der Waals surface area contributed by atoms with Crippen molar-refractivity contribution in [1.82, 2.24) is 0 Å². The number of ether oxygens (including phenoxy) is 1. The average Bonchev–Trinajstić information content (AvgIpc) is 3.01. The molecule has 2 aromatic carbocycles. The van der Waals surface area contributed by atoms with Gasteiger partial charge in [-0.05, 0) is 42.7 Å². The van der Waals surface area contributed by atoms with Crippen LogP contribution in [-0.2, 0) is 0 Å². The van der Waals surface area contributed by atoms with Crippen LogP contribution in [0.25, 0.3) is 0 Å². The Hall–Kier alpha value is -2.74. The topological polar surface area (TPSA) is 21.3 Å². The SMILES string of the molecule is C1=CC2=C(CC1)C1c3ccc(Nc4ccccc4)cc3OC1C=C2. The second-order valence-electron chi connectivity index (χ2n) is 6.58. The molecule has 0 saturated carbocycles. The zero-order chi connectivity index (χ0) is 15.9. The number of hydrogen-bond acceptors (Lipinski definition) is 2. The second-order valence-corrected chi connectivity index (χ2v) is 6.58. The van der Waals surface area contributed by atoms with Crippen molar-refractivity contribution in [3.8, 4) is 5.75 Å². The third-order valence-corrected chi connectivity index (χ3v) is 5.09. The molecule has 24 heavy (non-hydrogen) atoms. The first-order chi connectivity index (χ1) is 11.9. The first-order valence-electron chi connectivity index (χ1n) is 8.59. The van der Waals surface area contributed by atoms with Gasteiger partial charge in [-0.1, -0.05) is 48.1 Å². The van der Waals surface area contributed by atoms with Crippen LogP contribution in [0.4, 0.5) is 11.4 Å². The quantitative estimate of drug-likeness (QED) is 0.791. The first kappa shape index (κ1) is 13.7. The number of fused-ring (bicyclic) bond motifs is 4. The molecule has 0 saturated heterocycles. The molecule has 3 aliphatic rings. The van der Waals surface area contributed by atoms with Crippen LogP contribution >= 0.6 is 0 Å². The predicted octanol–water partition coefficient (Wildman–Crippen LogP) is 5.49. The van der Waals surface area contributed by atoms with Gasteiger partial charge in [-0.3, -0.25) is 0 Å². The van der Waals surface area contributed by atoms with Gasteiger partial charge in [0.2, 0.25) is 0 Å². The molecule has 1 heterocycles. The van der Waals surface area contributed by atoms with Crippen molar-refractivity contribution in [2.45, 2.75) is 24.9 Å². The van der Waals surface area contributed by atoms with E-state index in [9.17, 15) is 0 Å². The van der Waals surface area contributed by atoms with Gasteiger partial charge in [0.1, 0.15) is 11.9 Å². The van der Waals surface area contributed by atoms with E-state index in [0.29, 0.717) is 5.92 Å². The van der Waals surface area contributed by atoms with Crippen molar-refractivity contribution in [1.29, 1.82) is 0 Å². The number of para-hydroxylation sites is 1. The number of hydrogen-bond donors (Lipinski definition) is 1. The van der Waals surface area contributed by atoms with Gasteiger partial charge in [-0.25, -0.2) is 0 Å². The van der Waals surface area contributed by atoms with Crippen LogP contribution in [0.1, 0.15) is 24.3 Å². The van der Waals surface area contributed by atoms with Gasteiger partial charge in [0.15, 0.2) is 0 Å². The molecule has 0 bridgehead atoms. The van der Waals surface area contributed by atoms with E-state index in [1.54, 1.807) is 0 Å². The molecule has 2 unspecified atom stereocenters. The molecular weight excluding hydrogens is 294 g/mol. The van der Waals surface area contributed by atoms with Crippen LogP contribution in [0.2, 0.25) is 0 Å². The largest absolute Gasteiger partial charge is 0.485 e. The van der Waals surface area contributed by atoms with Crippen LogP contribution in [0, 0.1) is 0 Å². The summed E-state index contributed by atoms with van der Waals surface area (Å²) in [6.07, 6.45) is 11.4. The third-order valence-electron chi connectivity index (χ3n) is 5.09. The van der Waals surface area contributed by atoms with E-state index < -0.39 is 0 Å². The molecule has 0 radical (unpaired) electrons. The minimum Gasteiger partial charge on any atom is -0.485 e. The molecular formula is C22H19NO. The van der Waals surface area contributed by atoms with E-state index in [1.807, 2.05) is 18.2 Å². The summed E-state index contributed by atoms with van der Waals surface area (Å²) >= 11 is 0. The lowest BCUT2D eigenvalue weighted by molar-refractivity contribution is 0.262. The van der Waals surface area contributed by atoms with Crippen LogP contribution in [0.3, 0.4) is 0 Å². The Bertz CT molecular complexity index is 876. The van der Waals surface area contributed by atoms with E-state index in [2.05, 4.69) is 60.0 Å². The van der Waals surface area contributed by atoms with Crippen molar-refractivity contribution < 1.29 is 4.74 Å². The van der Waals surface area contributed by atoms with Crippen molar-refractivity contribution in [3.05, 3.63) is 89.5 Å². The molecule has 0 amide bonds. The molecule has 0 aromatic heterocycles. The second kappa shape index (κ2) is 5.41. The van der Waals surface area contributed by atoms with Gasteiger partial charge in [0.25, 0.3) is 0 Å². The molecule has 0 fully saturated rings. The summed E-state index contributed by atoms with van der Waals surface area (Å²) < 4.78 is 6.25. The third kappa shape index (κ3) is 2.18. The molecule has 118 valence electrons. The predicted molar refractivity (Wildman–Crippen MR) is 97.9 cm³/mol. The fraction of sp³-hybridized carbons (Fsp3) is 0.182. The molecule has 2 heteroatoms. The smallest absolute Gasteiger partial charge is 0.128 e. The highest BCUT2D eigenvalue weighted by atomic mass is 16.5. The highest BCUT2D eigenvalue weighted by Crippen LogP contribution is 2.49. The summed E-state index contributed by atoms with van der Waals surface area (Å²) in [5, 5.41) is 3.45. The van der Waals surface area contributed by atoms with Crippen LogP contribution in [-0.4, -0.2) is 6.10 Å². The van der Waals surface area contributed by atoms with Crippen molar-refractivity contribution >= 4 is 11.4 Å². The normalized spacial score (nSPS) is 23.3. The Kier molecular flexibility index (Phi) is 3.08.